The zero-order chi connectivity index (χ0) is 24.3. The Morgan fingerprint density at radius 3 is 2.89 bits per heavy atom. The van der Waals surface area contributed by atoms with Crippen molar-refractivity contribution >= 4 is 39.3 Å². The lowest BCUT2D eigenvalue weighted by atomic mass is 10.1. The number of ketones is 1. The Morgan fingerprint density at radius 2 is 2.14 bits per heavy atom. The molecule has 0 radical (unpaired) electrons. The molecule has 3 aromatic rings. The lowest BCUT2D eigenvalue weighted by molar-refractivity contribution is -0.152. The van der Waals surface area contributed by atoms with Gasteiger partial charge < -0.3 is 15.0 Å². The van der Waals surface area contributed by atoms with Crippen molar-refractivity contribution in [1.29, 1.82) is 0 Å². The van der Waals surface area contributed by atoms with Crippen LogP contribution in [0.1, 0.15) is 23.2 Å². The van der Waals surface area contributed by atoms with Gasteiger partial charge in [0.15, 0.2) is 5.78 Å². The van der Waals surface area contributed by atoms with Crippen LogP contribution in [0.15, 0.2) is 29.1 Å². The molecule has 35 heavy (non-hydrogen) atoms. The minimum Gasteiger partial charge on any atom is -0.376 e. The molecule has 0 bridgehead atoms. The van der Waals surface area contributed by atoms with Gasteiger partial charge in [0.1, 0.15) is 17.4 Å². The van der Waals surface area contributed by atoms with Gasteiger partial charge in [0.25, 0.3) is 5.56 Å². The highest BCUT2D eigenvalue weighted by atomic mass is 32.1. The molecule has 13 heteroatoms. The van der Waals surface area contributed by atoms with Crippen LogP contribution in [0.25, 0.3) is 10.2 Å². The van der Waals surface area contributed by atoms with Crippen LogP contribution < -0.4 is 15.8 Å². The van der Waals surface area contributed by atoms with Crippen molar-refractivity contribution in [3.05, 3.63) is 40.2 Å². The van der Waals surface area contributed by atoms with Crippen LogP contribution in [-0.4, -0.2) is 62.9 Å². The van der Waals surface area contributed by atoms with Crippen LogP contribution in [0.5, 0.6) is 0 Å². The van der Waals surface area contributed by atoms with E-state index in [4.69, 9.17) is 4.74 Å². The molecular weight excluding hydrogens is 485 g/mol. The quantitative estimate of drug-likeness (QED) is 0.510. The van der Waals surface area contributed by atoms with E-state index in [-0.39, 0.29) is 36.4 Å². The zero-order valence-electron chi connectivity index (χ0n) is 18.4. The number of carbonyl (C=O) groups excluding carboxylic acids is 1. The van der Waals surface area contributed by atoms with Crippen molar-refractivity contribution in [3.8, 4) is 0 Å². The molecule has 0 spiro atoms. The fourth-order valence-corrected chi connectivity index (χ4v) is 5.53. The van der Waals surface area contributed by atoms with Crippen molar-refractivity contribution in [2.45, 2.75) is 37.7 Å². The van der Waals surface area contributed by atoms with Crippen LogP contribution in [0, 0.1) is 11.8 Å². The summed E-state index contributed by atoms with van der Waals surface area (Å²) in [6, 6.07) is 4.06. The molecule has 184 valence electrons. The Labute approximate surface area is 201 Å². The van der Waals surface area contributed by atoms with Gasteiger partial charge in [-0.25, -0.2) is 0 Å². The van der Waals surface area contributed by atoms with Crippen molar-refractivity contribution < 1.29 is 22.7 Å². The highest BCUT2D eigenvalue weighted by molar-refractivity contribution is 7.12. The van der Waals surface area contributed by atoms with Crippen molar-refractivity contribution in [1.82, 2.24) is 19.1 Å². The average molecular weight is 507 g/mol. The Kier molecular flexibility index (Phi) is 5.29. The maximum Gasteiger partial charge on any atom is 0.408 e. The first kappa shape index (κ1) is 22.4. The van der Waals surface area contributed by atoms with E-state index in [1.165, 1.54) is 16.7 Å². The second-order valence-corrected chi connectivity index (χ2v) is 9.98. The first-order valence-electron chi connectivity index (χ1n) is 11.3. The highest BCUT2D eigenvalue weighted by Gasteiger charge is 2.49. The summed E-state index contributed by atoms with van der Waals surface area (Å²) in [6.07, 6.45) is -3.85. The van der Waals surface area contributed by atoms with Crippen LogP contribution in [0.2, 0.25) is 0 Å². The van der Waals surface area contributed by atoms with Crippen molar-refractivity contribution in [2.24, 2.45) is 11.8 Å². The molecule has 6 rings (SSSR count). The van der Waals surface area contributed by atoms with E-state index in [1.807, 2.05) is 0 Å². The minimum atomic E-state index is -4.60. The Balaban J connectivity index is 1.30. The molecule has 1 aromatic carbocycles. The number of benzene rings is 1. The number of halogens is 3. The van der Waals surface area contributed by atoms with Crippen LogP contribution in [0.4, 0.5) is 24.9 Å². The van der Waals surface area contributed by atoms with E-state index in [2.05, 4.69) is 19.9 Å². The van der Waals surface area contributed by atoms with E-state index in [0.29, 0.717) is 30.5 Å². The standard InChI is InChI=1S/C22H21F3N6O3S/c23-22(24,25)18-3-4-30-20(33)7-19(26-8-16-13-5-12(13)10-34-16)27-21(30)31(18)9-15(32)11-1-2-17-14(6-11)28-29-35-17/h1-2,6-7,12-13,16,18,26H,3-5,8-10H2/t12?,13?,16-,18+/m1/s1. The maximum atomic E-state index is 14.0. The van der Waals surface area contributed by atoms with Crippen molar-refractivity contribution in [3.63, 3.8) is 0 Å². The van der Waals surface area contributed by atoms with E-state index in [9.17, 15) is 22.8 Å². The Morgan fingerprint density at radius 1 is 1.29 bits per heavy atom. The van der Waals surface area contributed by atoms with E-state index in [1.54, 1.807) is 12.1 Å². The predicted molar refractivity (Wildman–Crippen MR) is 122 cm³/mol. The summed E-state index contributed by atoms with van der Waals surface area (Å²) in [4.78, 5) is 31.1. The summed E-state index contributed by atoms with van der Waals surface area (Å²) in [6.45, 7) is 0.407. The average Bonchev–Trinajstić information content (AvgIpc) is 3.25. The van der Waals surface area contributed by atoms with Gasteiger partial charge >= 0.3 is 6.18 Å². The van der Waals surface area contributed by atoms with E-state index >= 15 is 0 Å². The molecule has 1 N–H and O–H groups in total. The third-order valence-electron chi connectivity index (χ3n) is 6.97. The number of anilines is 2. The molecule has 4 atom stereocenters. The highest BCUT2D eigenvalue weighted by Crippen LogP contribution is 2.48. The molecule has 4 heterocycles. The van der Waals surface area contributed by atoms with Gasteiger partial charge in [0, 0.05) is 24.7 Å². The third kappa shape index (κ3) is 4.16. The molecule has 2 unspecified atom stereocenters. The number of alkyl halides is 3. The smallest absolute Gasteiger partial charge is 0.376 e. The fourth-order valence-electron chi connectivity index (χ4n) is 4.99. The number of aromatic nitrogens is 4. The normalized spacial score (nSPS) is 25.4. The summed E-state index contributed by atoms with van der Waals surface area (Å²) in [7, 11) is 0. The monoisotopic (exact) mass is 506 g/mol. The number of rotatable bonds is 6. The number of ether oxygens (including phenoxy) is 1. The predicted octanol–water partition coefficient (Wildman–Crippen LogP) is 2.72. The summed E-state index contributed by atoms with van der Waals surface area (Å²) in [5.41, 5.74) is 0.250. The molecular formula is C22H21F3N6O3S. The van der Waals surface area contributed by atoms with Crippen molar-refractivity contribution in [2.75, 3.05) is 29.9 Å². The number of nitrogens with zero attached hydrogens (tertiary/aromatic N) is 5. The first-order chi connectivity index (χ1) is 16.8. The lowest BCUT2D eigenvalue weighted by Gasteiger charge is -2.38. The Hall–Kier alpha value is -3.06. The number of hydrogen-bond acceptors (Lipinski definition) is 9. The maximum absolute atomic E-state index is 14.0. The molecule has 2 fully saturated rings. The largest absolute Gasteiger partial charge is 0.408 e. The van der Waals surface area contributed by atoms with Gasteiger partial charge in [-0.3, -0.25) is 14.2 Å². The second kappa shape index (κ2) is 8.26. The van der Waals surface area contributed by atoms with Gasteiger partial charge in [0.2, 0.25) is 5.95 Å². The van der Waals surface area contributed by atoms with Gasteiger partial charge in [-0.1, -0.05) is 4.49 Å². The molecule has 0 amide bonds. The second-order valence-electron chi connectivity index (χ2n) is 9.20. The minimum absolute atomic E-state index is 0.00341. The fraction of sp³-hybridized carbons (Fsp3) is 0.500. The van der Waals surface area contributed by atoms with E-state index < -0.39 is 30.1 Å². The number of hydrogen-bond donors (Lipinski definition) is 1. The summed E-state index contributed by atoms with van der Waals surface area (Å²) in [5, 5.41) is 6.98. The van der Waals surface area contributed by atoms with Crippen LogP contribution in [-0.2, 0) is 11.3 Å². The Bertz CT molecular complexity index is 1360. The summed E-state index contributed by atoms with van der Waals surface area (Å²) in [5.74, 6) is 0.529. The summed E-state index contributed by atoms with van der Waals surface area (Å²) < 4.78 is 53.5. The van der Waals surface area contributed by atoms with Gasteiger partial charge in [-0.2, -0.15) is 18.2 Å². The SMILES string of the molecule is O=C(CN1c2nc(NC[C@H]3OCC4CC43)cc(=O)n2CC[C@H]1C(F)(F)F)c1ccc2snnc2c1. The molecule has 2 aromatic heterocycles. The topological polar surface area (TPSA) is 102 Å². The van der Waals surface area contributed by atoms with Gasteiger partial charge in [-0.15, -0.1) is 5.10 Å². The molecule has 1 saturated carbocycles. The molecule has 1 aliphatic carbocycles. The number of nitrogens with one attached hydrogen (secondary N) is 1. The number of Topliss-reactive ketones (excluding diaryl/α,β-unsaturated/α-hetero) is 1. The third-order valence-corrected chi connectivity index (χ3v) is 7.68. The number of fused-ring (bicyclic) bond motifs is 3. The molecule has 2 aliphatic heterocycles. The molecule has 9 nitrogen and oxygen atoms in total. The van der Waals surface area contributed by atoms with Crippen LogP contribution in [0.3, 0.4) is 0 Å². The van der Waals surface area contributed by atoms with Gasteiger partial charge in [0.05, 0.1) is 24.0 Å². The van der Waals surface area contributed by atoms with Gasteiger partial charge in [-0.05, 0) is 54.4 Å². The first-order valence-corrected chi connectivity index (χ1v) is 12.1. The summed E-state index contributed by atoms with van der Waals surface area (Å²) >= 11 is 1.16. The zero-order valence-corrected chi connectivity index (χ0v) is 19.2. The molecule has 1 saturated heterocycles. The lowest BCUT2D eigenvalue weighted by Crippen LogP contribution is -2.54. The van der Waals surface area contributed by atoms with Crippen LogP contribution >= 0.6 is 11.5 Å². The number of carbonyl (C=O) groups is 1. The van der Waals surface area contributed by atoms with E-state index in [0.717, 1.165) is 27.6 Å². The molecule has 3 aliphatic rings.